The van der Waals surface area contributed by atoms with E-state index in [1.54, 1.807) is 19.1 Å². The number of hydrazone groups is 1. The van der Waals surface area contributed by atoms with Crippen molar-refractivity contribution in [1.82, 2.24) is 5.43 Å². The zero-order chi connectivity index (χ0) is 14.1. The quantitative estimate of drug-likeness (QED) is 0.859. The van der Waals surface area contributed by atoms with Crippen molar-refractivity contribution in [3.8, 4) is 11.3 Å². The van der Waals surface area contributed by atoms with Crippen LogP contribution in [0.4, 0.5) is 0 Å². The molecular weight excluding hydrogens is 276 g/mol. The molecule has 5 heteroatoms. The molecule has 0 fully saturated rings. The van der Waals surface area contributed by atoms with Gasteiger partial charge in [0.05, 0.1) is 11.3 Å². The molecular formula is C15H11ClN2O2. The van der Waals surface area contributed by atoms with Gasteiger partial charge in [-0.15, -0.1) is 0 Å². The SMILES string of the molecule is CC1=NNC(=O)C1=Cc1ccc(-c2cccc(Cl)c2)o1. The van der Waals surface area contributed by atoms with Gasteiger partial charge in [0.2, 0.25) is 0 Å². The highest BCUT2D eigenvalue weighted by molar-refractivity contribution is 6.30. The van der Waals surface area contributed by atoms with Crippen molar-refractivity contribution in [3.63, 3.8) is 0 Å². The van der Waals surface area contributed by atoms with Crippen LogP contribution in [0.1, 0.15) is 12.7 Å². The minimum absolute atomic E-state index is 0.219. The van der Waals surface area contributed by atoms with Crippen molar-refractivity contribution in [3.05, 3.63) is 52.8 Å². The second kappa shape index (κ2) is 4.98. The first-order valence-corrected chi connectivity index (χ1v) is 6.44. The predicted molar refractivity (Wildman–Crippen MR) is 78.4 cm³/mol. The number of furan rings is 1. The number of hydrogen-bond donors (Lipinski definition) is 1. The minimum atomic E-state index is -0.219. The number of nitrogens with zero attached hydrogens (tertiary/aromatic N) is 1. The van der Waals surface area contributed by atoms with E-state index in [1.165, 1.54) is 0 Å². The Hall–Kier alpha value is -2.33. The summed E-state index contributed by atoms with van der Waals surface area (Å²) in [7, 11) is 0. The van der Waals surface area contributed by atoms with Gasteiger partial charge in [-0.1, -0.05) is 23.7 Å². The Morgan fingerprint density at radius 2 is 2.15 bits per heavy atom. The van der Waals surface area contributed by atoms with Gasteiger partial charge in [0.25, 0.3) is 5.91 Å². The zero-order valence-corrected chi connectivity index (χ0v) is 11.4. The van der Waals surface area contributed by atoms with Crippen molar-refractivity contribution in [2.75, 3.05) is 0 Å². The molecule has 1 aliphatic rings. The maximum absolute atomic E-state index is 11.6. The highest BCUT2D eigenvalue weighted by Gasteiger charge is 2.19. The summed E-state index contributed by atoms with van der Waals surface area (Å²) in [6, 6.07) is 11.1. The van der Waals surface area contributed by atoms with Crippen LogP contribution in [-0.2, 0) is 4.79 Å². The van der Waals surface area contributed by atoms with Crippen LogP contribution < -0.4 is 5.43 Å². The molecule has 1 aromatic heterocycles. The first kappa shape index (κ1) is 12.7. The first-order valence-electron chi connectivity index (χ1n) is 6.06. The number of halogens is 1. The Balaban J connectivity index is 1.93. The largest absolute Gasteiger partial charge is 0.457 e. The molecule has 100 valence electrons. The second-order valence-electron chi connectivity index (χ2n) is 4.41. The highest BCUT2D eigenvalue weighted by atomic mass is 35.5. The van der Waals surface area contributed by atoms with Crippen LogP contribution >= 0.6 is 11.6 Å². The summed E-state index contributed by atoms with van der Waals surface area (Å²) in [5, 5.41) is 4.51. The van der Waals surface area contributed by atoms with Gasteiger partial charge in [0.15, 0.2) is 0 Å². The minimum Gasteiger partial charge on any atom is -0.457 e. The molecule has 4 nitrogen and oxygen atoms in total. The van der Waals surface area contributed by atoms with Crippen LogP contribution in [0.5, 0.6) is 0 Å². The van der Waals surface area contributed by atoms with Crippen LogP contribution in [0.25, 0.3) is 17.4 Å². The van der Waals surface area contributed by atoms with Crippen molar-refractivity contribution >= 4 is 29.3 Å². The van der Waals surface area contributed by atoms with Gasteiger partial charge in [-0.25, -0.2) is 5.43 Å². The molecule has 2 aromatic rings. The average molecular weight is 287 g/mol. The van der Waals surface area contributed by atoms with Crippen LogP contribution in [-0.4, -0.2) is 11.6 Å². The number of carbonyl (C=O) groups excluding carboxylic acids is 1. The third kappa shape index (κ3) is 2.38. The molecule has 0 atom stereocenters. The standard InChI is InChI=1S/C15H11ClN2O2/c1-9-13(15(19)18-17-9)8-12-5-6-14(20-12)10-3-2-4-11(16)7-10/h2-8H,1H3,(H,18,19). The number of carbonyl (C=O) groups is 1. The summed E-state index contributed by atoms with van der Waals surface area (Å²) < 4.78 is 5.71. The number of rotatable bonds is 2. The Bertz CT molecular complexity index is 744. The Kier molecular flexibility index (Phi) is 3.16. The maximum Gasteiger partial charge on any atom is 0.273 e. The van der Waals surface area contributed by atoms with Crippen LogP contribution in [0.15, 0.2) is 51.5 Å². The lowest BCUT2D eigenvalue weighted by molar-refractivity contribution is -0.116. The van der Waals surface area contributed by atoms with Gasteiger partial charge >= 0.3 is 0 Å². The molecule has 0 saturated heterocycles. The molecule has 0 spiro atoms. The maximum atomic E-state index is 11.6. The van der Waals surface area contributed by atoms with Crippen molar-refractivity contribution in [1.29, 1.82) is 0 Å². The number of hydrogen-bond acceptors (Lipinski definition) is 3. The van der Waals surface area contributed by atoms with E-state index in [4.69, 9.17) is 16.0 Å². The van der Waals surface area contributed by atoms with E-state index >= 15 is 0 Å². The van der Waals surface area contributed by atoms with Gasteiger partial charge in [-0.3, -0.25) is 4.79 Å². The molecule has 2 heterocycles. The Morgan fingerprint density at radius 1 is 1.30 bits per heavy atom. The summed E-state index contributed by atoms with van der Waals surface area (Å²) in [6.45, 7) is 1.77. The van der Waals surface area contributed by atoms with Gasteiger partial charge in [-0.05, 0) is 37.3 Å². The van der Waals surface area contributed by atoms with E-state index in [0.717, 1.165) is 5.56 Å². The smallest absolute Gasteiger partial charge is 0.273 e. The molecule has 0 unspecified atom stereocenters. The molecule has 20 heavy (non-hydrogen) atoms. The third-order valence-electron chi connectivity index (χ3n) is 2.98. The molecule has 1 N–H and O–H groups in total. The lowest BCUT2D eigenvalue weighted by atomic mass is 10.1. The third-order valence-corrected chi connectivity index (χ3v) is 3.22. The van der Waals surface area contributed by atoms with E-state index in [1.807, 2.05) is 30.3 Å². The summed E-state index contributed by atoms with van der Waals surface area (Å²) in [4.78, 5) is 11.6. The molecule has 0 aliphatic carbocycles. The Labute approximate surface area is 120 Å². The molecule has 0 saturated carbocycles. The fourth-order valence-corrected chi connectivity index (χ4v) is 2.15. The summed E-state index contributed by atoms with van der Waals surface area (Å²) >= 11 is 5.96. The lowest BCUT2D eigenvalue weighted by Crippen LogP contribution is -2.12. The van der Waals surface area contributed by atoms with Crippen molar-refractivity contribution in [2.45, 2.75) is 6.92 Å². The first-order chi connectivity index (χ1) is 9.63. The van der Waals surface area contributed by atoms with Crippen LogP contribution in [0.3, 0.4) is 0 Å². The van der Waals surface area contributed by atoms with E-state index in [0.29, 0.717) is 27.8 Å². The zero-order valence-electron chi connectivity index (χ0n) is 10.7. The normalized spacial score (nSPS) is 16.4. The van der Waals surface area contributed by atoms with Crippen LogP contribution in [0, 0.1) is 0 Å². The van der Waals surface area contributed by atoms with E-state index in [9.17, 15) is 4.79 Å². The molecule has 0 bridgehead atoms. The van der Waals surface area contributed by atoms with E-state index < -0.39 is 0 Å². The van der Waals surface area contributed by atoms with Crippen LogP contribution in [0.2, 0.25) is 5.02 Å². The summed E-state index contributed by atoms with van der Waals surface area (Å²) in [6.07, 6.45) is 1.68. The van der Waals surface area contributed by atoms with Gasteiger partial charge in [-0.2, -0.15) is 5.10 Å². The molecule has 3 rings (SSSR count). The number of amides is 1. The lowest BCUT2D eigenvalue weighted by Gasteiger charge is -1.97. The fraction of sp³-hybridized carbons (Fsp3) is 0.0667. The molecule has 1 aliphatic heterocycles. The number of benzene rings is 1. The number of nitrogens with one attached hydrogen (secondary N) is 1. The topological polar surface area (TPSA) is 54.6 Å². The van der Waals surface area contributed by atoms with Gasteiger partial charge < -0.3 is 4.42 Å². The van der Waals surface area contributed by atoms with Crippen molar-refractivity contribution in [2.24, 2.45) is 5.10 Å². The fourth-order valence-electron chi connectivity index (χ4n) is 1.96. The van der Waals surface area contributed by atoms with Gasteiger partial charge in [0, 0.05) is 10.6 Å². The van der Waals surface area contributed by atoms with Gasteiger partial charge in [0.1, 0.15) is 11.5 Å². The summed E-state index contributed by atoms with van der Waals surface area (Å²) in [5.74, 6) is 1.08. The van der Waals surface area contributed by atoms with Crippen molar-refractivity contribution < 1.29 is 9.21 Å². The average Bonchev–Trinajstić information content (AvgIpc) is 3.01. The van der Waals surface area contributed by atoms with E-state index in [2.05, 4.69) is 10.5 Å². The highest BCUT2D eigenvalue weighted by Crippen LogP contribution is 2.26. The monoisotopic (exact) mass is 286 g/mol. The Morgan fingerprint density at radius 3 is 2.85 bits per heavy atom. The molecule has 0 radical (unpaired) electrons. The van der Waals surface area contributed by atoms with E-state index in [-0.39, 0.29) is 5.91 Å². The second-order valence-corrected chi connectivity index (χ2v) is 4.84. The predicted octanol–water partition coefficient (Wildman–Crippen LogP) is 3.49. The summed E-state index contributed by atoms with van der Waals surface area (Å²) in [5.41, 5.74) is 4.46. The molecule has 1 amide bonds. The molecule has 1 aromatic carbocycles.